The molecule has 1 aromatic carbocycles. The van der Waals surface area contributed by atoms with E-state index in [0.29, 0.717) is 0 Å². The van der Waals surface area contributed by atoms with E-state index in [9.17, 15) is 0 Å². The summed E-state index contributed by atoms with van der Waals surface area (Å²) in [5, 5.41) is 0. The molecule has 0 aliphatic heterocycles. The van der Waals surface area contributed by atoms with Crippen LogP contribution < -0.4 is 0 Å². The molecule has 0 aromatic heterocycles. The molecule has 1 aromatic rings. The summed E-state index contributed by atoms with van der Waals surface area (Å²) in [4.78, 5) is 0. The Bertz CT molecular complexity index is 344. The minimum absolute atomic E-state index is 0.0194. The highest BCUT2D eigenvalue weighted by Gasteiger charge is 2.43. The highest BCUT2D eigenvalue weighted by molar-refractivity contribution is 14.1. The van der Waals surface area contributed by atoms with Crippen molar-refractivity contribution in [3.05, 3.63) is 35.9 Å². The van der Waals surface area contributed by atoms with Gasteiger partial charge >= 0.3 is 0 Å². The largest absolute Gasteiger partial charge is 0.345 e. The molecule has 0 heterocycles. The summed E-state index contributed by atoms with van der Waals surface area (Å²) in [7, 11) is 3.38. The molecule has 17 heavy (non-hydrogen) atoms. The number of rotatable bonds is 5. The average molecular weight is 348 g/mol. The second-order valence-corrected chi connectivity index (χ2v) is 6.30. The molecular formula is C14H21IO2. The van der Waals surface area contributed by atoms with Crippen molar-refractivity contribution < 1.29 is 9.47 Å². The number of halogens is 1. The summed E-state index contributed by atoms with van der Waals surface area (Å²) in [6, 6.07) is 10.5. The van der Waals surface area contributed by atoms with Gasteiger partial charge in [-0.25, -0.2) is 0 Å². The fourth-order valence-electron chi connectivity index (χ4n) is 1.99. The summed E-state index contributed by atoms with van der Waals surface area (Å²) < 4.78 is 10.4. The van der Waals surface area contributed by atoms with E-state index in [4.69, 9.17) is 9.47 Å². The smallest absolute Gasteiger partial charge is 0.224 e. The van der Waals surface area contributed by atoms with Crippen LogP contribution in [-0.2, 0) is 14.9 Å². The molecule has 0 fully saturated rings. The summed E-state index contributed by atoms with van der Waals surface area (Å²) in [6.07, 6.45) is 0. The van der Waals surface area contributed by atoms with Crippen LogP contribution in [0.4, 0.5) is 0 Å². The maximum Gasteiger partial charge on any atom is 0.224 e. The lowest BCUT2D eigenvalue weighted by Crippen LogP contribution is -2.44. The summed E-state index contributed by atoms with van der Waals surface area (Å²) >= 11 is 2.24. The van der Waals surface area contributed by atoms with Crippen LogP contribution in [0.5, 0.6) is 0 Å². The first-order valence-corrected chi connectivity index (χ1v) is 6.81. The summed E-state index contributed by atoms with van der Waals surface area (Å²) in [5.41, 5.74) is 1.27. The molecule has 3 heteroatoms. The van der Waals surface area contributed by atoms with Crippen molar-refractivity contribution in [2.45, 2.75) is 30.0 Å². The zero-order chi connectivity index (χ0) is 13.1. The van der Waals surface area contributed by atoms with E-state index in [-0.39, 0.29) is 11.3 Å². The molecule has 2 nitrogen and oxygen atoms in total. The standard InChI is InChI=1S/C14H21IO2/c1-11(14(15,16-4)17-5)13(2,3)12-9-7-6-8-10-12/h6-11H,1-5H3. The number of hydrogen-bond acceptors (Lipinski definition) is 2. The van der Waals surface area contributed by atoms with Gasteiger partial charge in [-0.2, -0.15) is 0 Å². The molecule has 0 N–H and O–H groups in total. The number of alkyl halides is 1. The van der Waals surface area contributed by atoms with E-state index in [1.807, 2.05) is 6.07 Å². The van der Waals surface area contributed by atoms with Crippen molar-refractivity contribution in [1.82, 2.24) is 0 Å². The van der Waals surface area contributed by atoms with Crippen LogP contribution in [0, 0.1) is 5.92 Å². The van der Waals surface area contributed by atoms with E-state index >= 15 is 0 Å². The van der Waals surface area contributed by atoms with Gasteiger partial charge < -0.3 is 9.47 Å². The van der Waals surface area contributed by atoms with E-state index in [0.717, 1.165) is 0 Å². The minimum atomic E-state index is -0.600. The van der Waals surface area contributed by atoms with E-state index < -0.39 is 3.79 Å². The second kappa shape index (κ2) is 5.67. The molecule has 0 saturated heterocycles. The lowest BCUT2D eigenvalue weighted by molar-refractivity contribution is -0.162. The Labute approximate surface area is 118 Å². The number of methoxy groups -OCH3 is 2. The van der Waals surface area contributed by atoms with Crippen LogP contribution >= 0.6 is 22.6 Å². The second-order valence-electron chi connectivity index (χ2n) is 4.80. The third-order valence-electron chi connectivity index (χ3n) is 3.67. The average Bonchev–Trinajstić information content (AvgIpc) is 2.38. The van der Waals surface area contributed by atoms with Gasteiger partial charge in [-0.1, -0.05) is 51.1 Å². The molecule has 1 unspecified atom stereocenters. The van der Waals surface area contributed by atoms with Gasteiger partial charge in [0, 0.05) is 20.1 Å². The predicted octanol–water partition coefficient (Wildman–Crippen LogP) is 3.98. The lowest BCUT2D eigenvalue weighted by atomic mass is 9.74. The van der Waals surface area contributed by atoms with E-state index in [1.165, 1.54) is 5.56 Å². The summed E-state index contributed by atoms with van der Waals surface area (Å²) in [6.45, 7) is 6.60. The summed E-state index contributed by atoms with van der Waals surface area (Å²) in [5.74, 6) is 0.216. The maximum atomic E-state index is 5.52. The minimum Gasteiger partial charge on any atom is -0.345 e. The van der Waals surface area contributed by atoms with Crippen molar-refractivity contribution in [2.24, 2.45) is 5.92 Å². The highest BCUT2D eigenvalue weighted by Crippen LogP contribution is 2.43. The Hall–Kier alpha value is -0.130. The first kappa shape index (κ1) is 14.9. The SMILES string of the molecule is COC(I)(OC)C(C)C(C)(C)c1ccccc1. The first-order chi connectivity index (χ1) is 7.88. The lowest BCUT2D eigenvalue weighted by Gasteiger charge is -2.41. The molecule has 0 aliphatic carbocycles. The predicted molar refractivity (Wildman–Crippen MR) is 79.4 cm³/mol. The molecule has 0 bridgehead atoms. The van der Waals surface area contributed by atoms with E-state index in [2.05, 4.69) is 67.6 Å². The van der Waals surface area contributed by atoms with Crippen molar-refractivity contribution in [3.63, 3.8) is 0 Å². The first-order valence-electron chi connectivity index (χ1n) is 5.73. The van der Waals surface area contributed by atoms with Gasteiger partial charge in [0.1, 0.15) is 0 Å². The number of benzene rings is 1. The zero-order valence-electron chi connectivity index (χ0n) is 11.2. The van der Waals surface area contributed by atoms with Crippen LogP contribution in [0.15, 0.2) is 30.3 Å². The Morgan fingerprint density at radius 1 is 1.06 bits per heavy atom. The number of ether oxygens (including phenoxy) is 2. The quantitative estimate of drug-likeness (QED) is 0.455. The Morgan fingerprint density at radius 2 is 1.53 bits per heavy atom. The topological polar surface area (TPSA) is 18.5 Å². The third-order valence-corrected chi connectivity index (χ3v) is 5.49. The Balaban J connectivity index is 3.06. The number of hydrogen-bond donors (Lipinski definition) is 0. The van der Waals surface area contributed by atoms with E-state index in [1.54, 1.807) is 14.2 Å². The van der Waals surface area contributed by atoms with Gasteiger partial charge in [0.25, 0.3) is 0 Å². The van der Waals surface area contributed by atoms with Gasteiger partial charge in [-0.05, 0) is 33.6 Å². The van der Waals surface area contributed by atoms with Crippen LogP contribution in [0.25, 0.3) is 0 Å². The molecule has 96 valence electrons. The van der Waals surface area contributed by atoms with Gasteiger partial charge in [-0.3, -0.25) is 0 Å². The molecule has 0 amide bonds. The molecule has 0 radical (unpaired) electrons. The zero-order valence-corrected chi connectivity index (χ0v) is 13.3. The monoisotopic (exact) mass is 348 g/mol. The fourth-order valence-corrected chi connectivity index (χ4v) is 2.76. The Morgan fingerprint density at radius 3 is 1.94 bits per heavy atom. The van der Waals surface area contributed by atoms with Crippen LogP contribution in [0.3, 0.4) is 0 Å². The van der Waals surface area contributed by atoms with Crippen LogP contribution in [0.2, 0.25) is 0 Å². The molecule has 0 saturated carbocycles. The van der Waals surface area contributed by atoms with Gasteiger partial charge in [0.15, 0.2) is 0 Å². The van der Waals surface area contributed by atoms with Gasteiger partial charge in [0.2, 0.25) is 3.79 Å². The molecule has 1 rings (SSSR count). The molecule has 0 aliphatic rings. The van der Waals surface area contributed by atoms with Crippen molar-refractivity contribution in [1.29, 1.82) is 0 Å². The third kappa shape index (κ3) is 3.01. The van der Waals surface area contributed by atoms with Crippen LogP contribution in [-0.4, -0.2) is 18.0 Å². The highest BCUT2D eigenvalue weighted by atomic mass is 127. The van der Waals surface area contributed by atoms with Crippen molar-refractivity contribution >= 4 is 22.6 Å². The van der Waals surface area contributed by atoms with Crippen molar-refractivity contribution in [2.75, 3.05) is 14.2 Å². The Kier molecular flexibility index (Phi) is 4.98. The van der Waals surface area contributed by atoms with Crippen LogP contribution in [0.1, 0.15) is 26.3 Å². The molecule has 1 atom stereocenters. The molecule has 0 spiro atoms. The molecular weight excluding hydrogens is 327 g/mol. The van der Waals surface area contributed by atoms with Crippen molar-refractivity contribution in [3.8, 4) is 0 Å². The normalized spacial score (nSPS) is 14.7. The van der Waals surface area contributed by atoms with Gasteiger partial charge in [-0.15, -0.1) is 0 Å². The fraction of sp³-hybridized carbons (Fsp3) is 0.571. The maximum absolute atomic E-state index is 5.52. The van der Waals surface area contributed by atoms with Gasteiger partial charge in [0.05, 0.1) is 0 Å².